The maximum absolute atomic E-state index is 12.7. The molecule has 0 aliphatic heterocycles. The van der Waals surface area contributed by atoms with E-state index >= 15 is 0 Å². The minimum absolute atomic E-state index is 0.0641. The van der Waals surface area contributed by atoms with Crippen LogP contribution in [0.1, 0.15) is 112 Å². The first-order chi connectivity index (χ1) is 20.4. The first-order valence-corrected chi connectivity index (χ1v) is 16.4. The van der Waals surface area contributed by atoms with E-state index < -0.39 is 0 Å². The summed E-state index contributed by atoms with van der Waals surface area (Å²) in [7, 11) is 0. The Bertz CT molecular complexity index is 1670. The summed E-state index contributed by atoms with van der Waals surface area (Å²) in [6.07, 6.45) is 10.2. The Balaban J connectivity index is 1.47. The highest BCUT2D eigenvalue weighted by Gasteiger charge is 2.41. The van der Waals surface area contributed by atoms with Gasteiger partial charge in [-0.05, 0) is 118 Å². The molecule has 1 fully saturated rings. The SMILES string of the molecule is CCCc1cc2c(c(C3CCCCCC(C(C)=O)C3)c1)Cc1c-2cc2c(c1-c1ccccc1)C(C)(C)c1ccccc1-2. The number of rotatable bonds is 5. The molecular weight excluding hydrogens is 508 g/mol. The van der Waals surface area contributed by atoms with Crippen LogP contribution in [0.3, 0.4) is 0 Å². The van der Waals surface area contributed by atoms with E-state index in [1.807, 2.05) is 6.92 Å². The molecule has 3 aliphatic rings. The number of carbonyl (C=O) groups is 1. The van der Waals surface area contributed by atoms with Crippen LogP contribution in [0, 0.1) is 5.92 Å². The van der Waals surface area contributed by atoms with Crippen molar-refractivity contribution in [2.24, 2.45) is 5.92 Å². The number of ketones is 1. The van der Waals surface area contributed by atoms with E-state index in [0.717, 1.165) is 32.1 Å². The smallest absolute Gasteiger partial charge is 0.132 e. The molecule has 2 atom stereocenters. The highest BCUT2D eigenvalue weighted by atomic mass is 16.1. The third kappa shape index (κ3) is 4.39. The number of fused-ring (bicyclic) bond motifs is 6. The number of carbonyl (C=O) groups excluding carboxylic acids is 1. The number of hydrogen-bond donors (Lipinski definition) is 0. The minimum atomic E-state index is -0.0641. The van der Waals surface area contributed by atoms with Crippen LogP contribution in [0.15, 0.2) is 72.8 Å². The first-order valence-electron chi connectivity index (χ1n) is 16.4. The van der Waals surface area contributed by atoms with E-state index in [2.05, 4.69) is 93.6 Å². The number of benzene rings is 4. The monoisotopic (exact) mass is 552 g/mol. The summed E-state index contributed by atoms with van der Waals surface area (Å²) in [4.78, 5) is 12.7. The zero-order valence-electron chi connectivity index (χ0n) is 25.9. The molecule has 2 unspecified atom stereocenters. The number of hydrogen-bond acceptors (Lipinski definition) is 1. The lowest BCUT2D eigenvalue weighted by atomic mass is 9.76. The van der Waals surface area contributed by atoms with Crippen molar-refractivity contribution in [3.63, 3.8) is 0 Å². The van der Waals surface area contributed by atoms with Crippen molar-refractivity contribution in [2.45, 2.75) is 96.8 Å². The lowest BCUT2D eigenvalue weighted by molar-refractivity contribution is -0.121. The average molecular weight is 553 g/mol. The second-order valence-electron chi connectivity index (χ2n) is 13.8. The summed E-state index contributed by atoms with van der Waals surface area (Å²) in [6, 6.07) is 27.8. The largest absolute Gasteiger partial charge is 0.300 e. The predicted octanol–water partition coefficient (Wildman–Crippen LogP) is 10.8. The minimum Gasteiger partial charge on any atom is -0.300 e. The van der Waals surface area contributed by atoms with Crippen LogP contribution in [0.25, 0.3) is 33.4 Å². The second-order valence-corrected chi connectivity index (χ2v) is 13.8. The van der Waals surface area contributed by atoms with Crippen LogP contribution in [-0.4, -0.2) is 5.78 Å². The van der Waals surface area contributed by atoms with Gasteiger partial charge in [-0.2, -0.15) is 0 Å². The predicted molar refractivity (Wildman–Crippen MR) is 176 cm³/mol. The third-order valence-corrected chi connectivity index (χ3v) is 10.7. The molecule has 3 aliphatic carbocycles. The number of Topliss-reactive ketones (excluding diaryl/α,β-unsaturated/α-hetero) is 1. The quantitative estimate of drug-likeness (QED) is 0.212. The van der Waals surface area contributed by atoms with Crippen LogP contribution in [0.2, 0.25) is 0 Å². The molecule has 0 spiro atoms. The van der Waals surface area contributed by atoms with Crippen LogP contribution in [0.4, 0.5) is 0 Å². The van der Waals surface area contributed by atoms with Gasteiger partial charge in [0.2, 0.25) is 0 Å². The zero-order chi connectivity index (χ0) is 29.0. The van der Waals surface area contributed by atoms with Crippen molar-refractivity contribution in [2.75, 3.05) is 0 Å². The zero-order valence-corrected chi connectivity index (χ0v) is 25.9. The van der Waals surface area contributed by atoms with Crippen molar-refractivity contribution in [3.8, 4) is 33.4 Å². The van der Waals surface area contributed by atoms with Gasteiger partial charge in [-0.25, -0.2) is 0 Å². The van der Waals surface area contributed by atoms with Gasteiger partial charge in [-0.15, -0.1) is 0 Å². The highest BCUT2D eigenvalue weighted by Crippen LogP contribution is 2.57. The van der Waals surface area contributed by atoms with Crippen molar-refractivity contribution in [1.29, 1.82) is 0 Å². The van der Waals surface area contributed by atoms with E-state index in [1.54, 1.807) is 5.56 Å². The van der Waals surface area contributed by atoms with Gasteiger partial charge in [-0.3, -0.25) is 4.79 Å². The molecule has 7 rings (SSSR count). The molecule has 0 radical (unpaired) electrons. The van der Waals surface area contributed by atoms with Gasteiger partial charge in [0.05, 0.1) is 0 Å². The molecular formula is C41H44O. The fourth-order valence-electron chi connectivity index (χ4n) is 8.69. The summed E-state index contributed by atoms with van der Waals surface area (Å²) in [5.74, 6) is 1.05. The van der Waals surface area contributed by atoms with Crippen molar-refractivity contribution >= 4 is 5.78 Å². The maximum atomic E-state index is 12.7. The summed E-state index contributed by atoms with van der Waals surface area (Å²) in [6.45, 7) is 8.95. The molecule has 1 saturated carbocycles. The van der Waals surface area contributed by atoms with E-state index in [4.69, 9.17) is 0 Å². The average Bonchev–Trinajstić information content (AvgIpc) is 3.45. The summed E-state index contributed by atoms with van der Waals surface area (Å²) < 4.78 is 0. The van der Waals surface area contributed by atoms with E-state index in [-0.39, 0.29) is 11.3 Å². The molecule has 0 saturated heterocycles. The van der Waals surface area contributed by atoms with Crippen LogP contribution >= 0.6 is 0 Å². The fraction of sp³-hybridized carbons (Fsp3) is 0.390. The summed E-state index contributed by atoms with van der Waals surface area (Å²) in [5, 5.41) is 0. The normalized spacial score (nSPS) is 20.2. The third-order valence-electron chi connectivity index (χ3n) is 10.7. The molecule has 4 aromatic carbocycles. The molecule has 4 aromatic rings. The Hall–Kier alpha value is -3.45. The van der Waals surface area contributed by atoms with E-state index in [1.165, 1.54) is 86.9 Å². The van der Waals surface area contributed by atoms with Crippen LogP contribution in [-0.2, 0) is 23.1 Å². The Morgan fingerprint density at radius 3 is 2.33 bits per heavy atom. The van der Waals surface area contributed by atoms with Gasteiger partial charge < -0.3 is 0 Å². The maximum Gasteiger partial charge on any atom is 0.132 e. The molecule has 0 aromatic heterocycles. The molecule has 1 nitrogen and oxygen atoms in total. The van der Waals surface area contributed by atoms with Gasteiger partial charge in [0.25, 0.3) is 0 Å². The lowest BCUT2D eigenvalue weighted by Crippen LogP contribution is -2.18. The topological polar surface area (TPSA) is 17.1 Å². The van der Waals surface area contributed by atoms with Gasteiger partial charge in [0.1, 0.15) is 5.78 Å². The van der Waals surface area contributed by atoms with Crippen molar-refractivity contribution < 1.29 is 4.79 Å². The Morgan fingerprint density at radius 1 is 0.810 bits per heavy atom. The Labute approximate surface area is 252 Å². The van der Waals surface area contributed by atoms with E-state index in [0.29, 0.717) is 11.7 Å². The van der Waals surface area contributed by atoms with Crippen molar-refractivity contribution in [1.82, 2.24) is 0 Å². The molecule has 1 heteroatoms. The summed E-state index contributed by atoms with van der Waals surface area (Å²) in [5.41, 5.74) is 17.4. The van der Waals surface area contributed by atoms with E-state index in [9.17, 15) is 4.79 Å². The Morgan fingerprint density at radius 2 is 1.55 bits per heavy atom. The molecule has 0 amide bonds. The first kappa shape index (κ1) is 27.4. The molecule has 0 heterocycles. The number of aryl methyl sites for hydroxylation is 1. The fourth-order valence-corrected chi connectivity index (χ4v) is 8.69. The second kappa shape index (κ2) is 10.7. The lowest BCUT2D eigenvalue weighted by Gasteiger charge is -2.27. The van der Waals surface area contributed by atoms with Crippen molar-refractivity contribution in [3.05, 3.63) is 106 Å². The van der Waals surface area contributed by atoms with Crippen LogP contribution < -0.4 is 0 Å². The van der Waals surface area contributed by atoms with Crippen LogP contribution in [0.5, 0.6) is 0 Å². The van der Waals surface area contributed by atoms with Gasteiger partial charge in [0.15, 0.2) is 0 Å². The highest BCUT2D eigenvalue weighted by molar-refractivity contribution is 5.97. The van der Waals surface area contributed by atoms with Gasteiger partial charge in [-0.1, -0.05) is 113 Å². The van der Waals surface area contributed by atoms with Gasteiger partial charge in [0, 0.05) is 11.3 Å². The summed E-state index contributed by atoms with van der Waals surface area (Å²) >= 11 is 0. The van der Waals surface area contributed by atoms with Gasteiger partial charge >= 0.3 is 0 Å². The Kier molecular flexibility index (Phi) is 6.96. The molecule has 42 heavy (non-hydrogen) atoms. The molecule has 0 bridgehead atoms. The standard InChI is InChI=1S/C41H44O/c1-5-14-27-21-32(30-18-11-7-10-17-29(23-30)26(2)42)34-24-36-35(33(34)22-27)25-37-31-19-12-13-20-38(31)41(3,4)40(37)39(36)28-15-8-6-9-16-28/h6,8-9,12-13,15-16,19-22,25,29-30H,5,7,10-11,14,17-18,23-24H2,1-4H3. The molecule has 0 N–H and O–H groups in total. The molecule has 214 valence electrons.